The van der Waals surface area contributed by atoms with Gasteiger partial charge in [0.1, 0.15) is 11.6 Å². The Hall–Kier alpha value is -2.40. The molecule has 0 radical (unpaired) electrons. The quantitative estimate of drug-likeness (QED) is 0.749. The van der Waals surface area contributed by atoms with E-state index in [9.17, 15) is 4.39 Å². The Balaban J connectivity index is 1.72. The molecule has 0 atom stereocenters. The van der Waals surface area contributed by atoms with E-state index in [2.05, 4.69) is 10.3 Å². The molecule has 1 heterocycles. The fourth-order valence-electron chi connectivity index (χ4n) is 2.16. The third-order valence-corrected chi connectivity index (χ3v) is 4.05. The van der Waals surface area contributed by atoms with E-state index in [0.29, 0.717) is 6.54 Å². The van der Waals surface area contributed by atoms with Crippen LogP contribution in [0.3, 0.4) is 0 Å². The second-order valence-corrected chi connectivity index (χ2v) is 5.57. The first kappa shape index (κ1) is 14.5. The number of nitrogens with one attached hydrogen (secondary N) is 1. The first-order valence-electron chi connectivity index (χ1n) is 6.83. The molecule has 22 heavy (non-hydrogen) atoms. The van der Waals surface area contributed by atoms with Gasteiger partial charge >= 0.3 is 0 Å². The number of hydrogen-bond acceptors (Lipinski definition) is 4. The molecule has 0 saturated heterocycles. The van der Waals surface area contributed by atoms with Crippen molar-refractivity contribution >= 4 is 16.5 Å². The van der Waals surface area contributed by atoms with Gasteiger partial charge in [0.05, 0.1) is 12.8 Å². The van der Waals surface area contributed by atoms with Crippen molar-refractivity contribution < 1.29 is 9.13 Å². The molecule has 0 bridgehead atoms. The molecule has 112 valence electrons. The summed E-state index contributed by atoms with van der Waals surface area (Å²) in [5.74, 6) is 0.589. The predicted octanol–water partition coefficient (Wildman–Crippen LogP) is 4.57. The minimum Gasteiger partial charge on any atom is -0.496 e. The molecule has 5 heteroatoms. The number of ether oxygens (including phenoxy) is 1. The van der Waals surface area contributed by atoms with Crippen LogP contribution in [0.4, 0.5) is 9.52 Å². The molecular formula is C17H15FN2OS. The first-order chi connectivity index (χ1) is 10.8. The molecule has 0 fully saturated rings. The van der Waals surface area contributed by atoms with E-state index in [4.69, 9.17) is 4.74 Å². The van der Waals surface area contributed by atoms with Crippen molar-refractivity contribution in [2.24, 2.45) is 0 Å². The number of para-hydroxylation sites is 1. The average Bonchev–Trinajstić information content (AvgIpc) is 3.02. The van der Waals surface area contributed by atoms with Crippen LogP contribution in [0.1, 0.15) is 5.56 Å². The summed E-state index contributed by atoms with van der Waals surface area (Å²) >= 11 is 1.50. The SMILES string of the molecule is COc1ccccc1CNc1nc(-c2cccc(F)c2)cs1. The zero-order valence-corrected chi connectivity index (χ0v) is 12.9. The standard InChI is InChI=1S/C17H15FN2OS/c1-21-16-8-3-2-5-13(16)10-19-17-20-15(11-22-17)12-6-4-7-14(18)9-12/h2-9,11H,10H2,1H3,(H,19,20). The highest BCUT2D eigenvalue weighted by atomic mass is 32.1. The number of benzene rings is 2. The molecule has 3 aromatic rings. The van der Waals surface area contributed by atoms with Crippen LogP contribution >= 0.6 is 11.3 Å². The maximum absolute atomic E-state index is 13.3. The summed E-state index contributed by atoms with van der Waals surface area (Å²) in [6, 6.07) is 14.3. The van der Waals surface area contributed by atoms with Crippen molar-refractivity contribution in [1.82, 2.24) is 4.98 Å². The molecule has 1 N–H and O–H groups in total. The zero-order chi connectivity index (χ0) is 15.4. The van der Waals surface area contributed by atoms with E-state index in [-0.39, 0.29) is 5.82 Å². The Morgan fingerprint density at radius 1 is 1.18 bits per heavy atom. The Kier molecular flexibility index (Phi) is 4.34. The Morgan fingerprint density at radius 2 is 2.05 bits per heavy atom. The first-order valence-corrected chi connectivity index (χ1v) is 7.71. The van der Waals surface area contributed by atoms with Crippen LogP contribution in [0.15, 0.2) is 53.9 Å². The number of halogens is 1. The molecule has 0 aliphatic rings. The molecular weight excluding hydrogens is 299 g/mol. The van der Waals surface area contributed by atoms with Crippen molar-refractivity contribution in [3.63, 3.8) is 0 Å². The third kappa shape index (κ3) is 3.26. The predicted molar refractivity (Wildman–Crippen MR) is 87.8 cm³/mol. The largest absolute Gasteiger partial charge is 0.496 e. The van der Waals surface area contributed by atoms with Crippen LogP contribution in [0.5, 0.6) is 5.75 Å². The summed E-state index contributed by atoms with van der Waals surface area (Å²) < 4.78 is 18.6. The summed E-state index contributed by atoms with van der Waals surface area (Å²) in [6.07, 6.45) is 0. The molecule has 0 amide bonds. The van der Waals surface area contributed by atoms with Gasteiger partial charge in [-0.3, -0.25) is 0 Å². The fraction of sp³-hybridized carbons (Fsp3) is 0.118. The molecule has 3 nitrogen and oxygen atoms in total. The maximum Gasteiger partial charge on any atom is 0.183 e. The highest BCUT2D eigenvalue weighted by molar-refractivity contribution is 7.14. The number of rotatable bonds is 5. The van der Waals surface area contributed by atoms with Gasteiger partial charge in [0, 0.05) is 23.1 Å². The van der Waals surface area contributed by atoms with Crippen LogP contribution in [0, 0.1) is 5.82 Å². The number of aromatic nitrogens is 1. The smallest absolute Gasteiger partial charge is 0.183 e. The second kappa shape index (κ2) is 6.58. The van der Waals surface area contributed by atoms with Gasteiger partial charge < -0.3 is 10.1 Å². The molecule has 1 aromatic heterocycles. The van der Waals surface area contributed by atoms with Crippen LogP contribution in [-0.4, -0.2) is 12.1 Å². The monoisotopic (exact) mass is 314 g/mol. The molecule has 2 aromatic carbocycles. The summed E-state index contributed by atoms with van der Waals surface area (Å²) in [5, 5.41) is 5.99. The van der Waals surface area contributed by atoms with Crippen molar-refractivity contribution in [1.29, 1.82) is 0 Å². The Morgan fingerprint density at radius 3 is 2.86 bits per heavy atom. The lowest BCUT2D eigenvalue weighted by molar-refractivity contribution is 0.410. The number of nitrogens with zero attached hydrogens (tertiary/aromatic N) is 1. The zero-order valence-electron chi connectivity index (χ0n) is 12.0. The Bertz CT molecular complexity index is 773. The van der Waals surface area contributed by atoms with E-state index in [1.807, 2.05) is 35.7 Å². The van der Waals surface area contributed by atoms with Crippen molar-refractivity contribution in [2.75, 3.05) is 12.4 Å². The normalized spacial score (nSPS) is 10.5. The number of anilines is 1. The van der Waals surface area contributed by atoms with Crippen LogP contribution in [0.25, 0.3) is 11.3 Å². The van der Waals surface area contributed by atoms with E-state index < -0.39 is 0 Å². The van der Waals surface area contributed by atoms with Gasteiger partial charge in [0.2, 0.25) is 0 Å². The number of hydrogen-bond donors (Lipinski definition) is 1. The van der Waals surface area contributed by atoms with Gasteiger partial charge in [-0.1, -0.05) is 30.3 Å². The van der Waals surface area contributed by atoms with Crippen LogP contribution in [0.2, 0.25) is 0 Å². The lowest BCUT2D eigenvalue weighted by Gasteiger charge is -2.08. The van der Waals surface area contributed by atoms with Crippen molar-refractivity contribution in [3.05, 3.63) is 65.3 Å². The molecule has 0 aliphatic carbocycles. The van der Waals surface area contributed by atoms with Crippen LogP contribution < -0.4 is 10.1 Å². The molecule has 0 saturated carbocycles. The highest BCUT2D eigenvalue weighted by Crippen LogP contribution is 2.26. The third-order valence-electron chi connectivity index (χ3n) is 3.25. The number of methoxy groups -OCH3 is 1. The summed E-state index contributed by atoms with van der Waals surface area (Å²) in [4.78, 5) is 4.49. The van der Waals surface area contributed by atoms with Gasteiger partial charge in [-0.2, -0.15) is 0 Å². The van der Waals surface area contributed by atoms with Gasteiger partial charge in [0.15, 0.2) is 5.13 Å². The summed E-state index contributed by atoms with van der Waals surface area (Å²) in [5.41, 5.74) is 2.61. The highest BCUT2D eigenvalue weighted by Gasteiger charge is 2.06. The van der Waals surface area contributed by atoms with E-state index in [1.54, 1.807) is 13.2 Å². The molecule has 0 unspecified atom stereocenters. The van der Waals surface area contributed by atoms with Crippen molar-refractivity contribution in [3.8, 4) is 17.0 Å². The minimum absolute atomic E-state index is 0.256. The van der Waals surface area contributed by atoms with Gasteiger partial charge in [-0.25, -0.2) is 9.37 Å². The molecule has 0 aliphatic heterocycles. The summed E-state index contributed by atoms with van der Waals surface area (Å²) in [7, 11) is 1.66. The van der Waals surface area contributed by atoms with Crippen molar-refractivity contribution in [2.45, 2.75) is 6.54 Å². The topological polar surface area (TPSA) is 34.1 Å². The van der Waals surface area contributed by atoms with Gasteiger partial charge in [-0.05, 0) is 18.2 Å². The van der Waals surface area contributed by atoms with Crippen LogP contribution in [-0.2, 0) is 6.54 Å². The number of thiazole rings is 1. The van der Waals surface area contributed by atoms with Gasteiger partial charge in [-0.15, -0.1) is 11.3 Å². The maximum atomic E-state index is 13.3. The Labute approximate surface area is 132 Å². The molecule has 0 spiro atoms. The second-order valence-electron chi connectivity index (χ2n) is 4.71. The summed E-state index contributed by atoms with van der Waals surface area (Å²) in [6.45, 7) is 0.625. The van der Waals surface area contributed by atoms with Gasteiger partial charge in [0.25, 0.3) is 0 Å². The fourth-order valence-corrected chi connectivity index (χ4v) is 2.87. The lowest BCUT2D eigenvalue weighted by atomic mass is 10.2. The lowest BCUT2D eigenvalue weighted by Crippen LogP contribution is -2.01. The minimum atomic E-state index is -0.256. The average molecular weight is 314 g/mol. The van der Waals surface area contributed by atoms with E-state index >= 15 is 0 Å². The van der Waals surface area contributed by atoms with E-state index in [1.165, 1.54) is 23.5 Å². The molecule has 3 rings (SSSR count). The van der Waals surface area contributed by atoms with E-state index in [0.717, 1.165) is 27.7 Å².